The maximum Gasteiger partial charge on any atom is 0.0204 e. The van der Waals surface area contributed by atoms with Crippen LogP contribution in [0.1, 0.15) is 52.9 Å². The second-order valence-corrected chi connectivity index (χ2v) is 4.44. The van der Waals surface area contributed by atoms with Crippen molar-refractivity contribution in [3.8, 4) is 0 Å². The van der Waals surface area contributed by atoms with Crippen molar-refractivity contribution in [2.24, 2.45) is 5.92 Å². The highest BCUT2D eigenvalue weighted by Crippen LogP contribution is 2.31. The fraction of sp³-hybridized carbons (Fsp3) is 1.00. The van der Waals surface area contributed by atoms with Crippen molar-refractivity contribution in [2.45, 2.75) is 58.4 Å². The Morgan fingerprint density at radius 3 is 2.50 bits per heavy atom. The van der Waals surface area contributed by atoms with Crippen LogP contribution in [0.3, 0.4) is 0 Å². The molecule has 0 radical (unpaired) electrons. The topological polar surface area (TPSA) is 12.0 Å². The van der Waals surface area contributed by atoms with Crippen LogP contribution in [0.25, 0.3) is 0 Å². The Bertz CT molecular complexity index is 117. The summed E-state index contributed by atoms with van der Waals surface area (Å²) in [6.45, 7) is 8.24. The summed E-state index contributed by atoms with van der Waals surface area (Å²) in [5, 5.41) is 3.73. The molecule has 0 aromatic rings. The average molecular weight is 169 g/mol. The van der Waals surface area contributed by atoms with Crippen LogP contribution in [0.2, 0.25) is 0 Å². The number of rotatable bonds is 3. The Morgan fingerprint density at radius 1 is 1.33 bits per heavy atom. The summed E-state index contributed by atoms with van der Waals surface area (Å²) in [4.78, 5) is 0. The minimum atomic E-state index is 0.479. The zero-order valence-electron chi connectivity index (χ0n) is 8.82. The number of piperidine rings is 1. The Morgan fingerprint density at radius 2 is 2.08 bits per heavy atom. The highest BCUT2D eigenvalue weighted by atomic mass is 15.0. The third-order valence-electron chi connectivity index (χ3n) is 3.33. The highest BCUT2D eigenvalue weighted by Gasteiger charge is 2.33. The van der Waals surface area contributed by atoms with Gasteiger partial charge in [-0.25, -0.2) is 0 Å². The van der Waals surface area contributed by atoms with Crippen LogP contribution in [0.5, 0.6) is 0 Å². The van der Waals surface area contributed by atoms with Crippen LogP contribution in [0.15, 0.2) is 0 Å². The maximum absolute atomic E-state index is 3.73. The molecule has 0 amide bonds. The lowest BCUT2D eigenvalue weighted by molar-refractivity contribution is 0.168. The first-order valence-electron chi connectivity index (χ1n) is 5.46. The smallest absolute Gasteiger partial charge is 0.0204 e. The standard InChI is InChI=1S/C11H23N/c1-4-7-11(10(2)3)8-5-6-9-12-11/h10,12H,4-9H2,1-3H3. The Balaban J connectivity index is 2.56. The molecule has 0 saturated carbocycles. The van der Waals surface area contributed by atoms with Crippen LogP contribution >= 0.6 is 0 Å². The van der Waals surface area contributed by atoms with Gasteiger partial charge in [0.2, 0.25) is 0 Å². The SMILES string of the molecule is CCCC1(C(C)C)CCCCN1. The van der Waals surface area contributed by atoms with Gasteiger partial charge in [0.25, 0.3) is 0 Å². The quantitative estimate of drug-likeness (QED) is 0.685. The van der Waals surface area contributed by atoms with Crippen LogP contribution < -0.4 is 5.32 Å². The minimum absolute atomic E-state index is 0.479. The summed E-state index contributed by atoms with van der Waals surface area (Å²) in [5.41, 5.74) is 0.479. The van der Waals surface area contributed by atoms with E-state index in [1.165, 1.54) is 38.6 Å². The summed E-state index contributed by atoms with van der Waals surface area (Å²) >= 11 is 0. The summed E-state index contributed by atoms with van der Waals surface area (Å²) in [6, 6.07) is 0. The maximum atomic E-state index is 3.73. The second-order valence-electron chi connectivity index (χ2n) is 4.44. The number of hydrogen-bond acceptors (Lipinski definition) is 1. The van der Waals surface area contributed by atoms with E-state index in [2.05, 4.69) is 26.1 Å². The molecular weight excluding hydrogens is 146 g/mol. The Labute approximate surface area is 76.9 Å². The molecule has 1 saturated heterocycles. The van der Waals surface area contributed by atoms with E-state index in [1.807, 2.05) is 0 Å². The van der Waals surface area contributed by atoms with Gasteiger partial charge in [-0.05, 0) is 31.7 Å². The zero-order chi connectivity index (χ0) is 9.03. The van der Waals surface area contributed by atoms with Crippen LogP contribution in [0, 0.1) is 5.92 Å². The molecule has 1 heterocycles. The van der Waals surface area contributed by atoms with Crippen molar-refractivity contribution in [3.63, 3.8) is 0 Å². The third kappa shape index (κ3) is 2.01. The minimum Gasteiger partial charge on any atom is -0.311 e. The summed E-state index contributed by atoms with van der Waals surface area (Å²) in [6.07, 6.45) is 6.84. The van der Waals surface area contributed by atoms with Crippen molar-refractivity contribution in [3.05, 3.63) is 0 Å². The molecule has 0 aromatic carbocycles. The van der Waals surface area contributed by atoms with Crippen molar-refractivity contribution >= 4 is 0 Å². The van der Waals surface area contributed by atoms with Gasteiger partial charge in [-0.15, -0.1) is 0 Å². The molecule has 1 heteroatoms. The monoisotopic (exact) mass is 169 g/mol. The fourth-order valence-corrected chi connectivity index (χ4v) is 2.43. The van der Waals surface area contributed by atoms with E-state index in [-0.39, 0.29) is 0 Å². The lowest BCUT2D eigenvalue weighted by atomic mass is 9.76. The normalized spacial score (nSPS) is 31.0. The van der Waals surface area contributed by atoms with Gasteiger partial charge < -0.3 is 5.32 Å². The lowest BCUT2D eigenvalue weighted by Crippen LogP contribution is -2.52. The van der Waals surface area contributed by atoms with Crippen LogP contribution in [-0.4, -0.2) is 12.1 Å². The van der Waals surface area contributed by atoms with Crippen LogP contribution in [-0.2, 0) is 0 Å². The molecule has 1 atom stereocenters. The van der Waals surface area contributed by atoms with Gasteiger partial charge in [-0.2, -0.15) is 0 Å². The van der Waals surface area contributed by atoms with Crippen molar-refractivity contribution in [1.29, 1.82) is 0 Å². The lowest BCUT2D eigenvalue weighted by Gasteiger charge is -2.42. The first-order chi connectivity index (χ1) is 5.71. The molecule has 0 aromatic heterocycles. The summed E-state index contributed by atoms with van der Waals surface area (Å²) in [5.74, 6) is 0.790. The highest BCUT2D eigenvalue weighted by molar-refractivity contribution is 4.92. The third-order valence-corrected chi connectivity index (χ3v) is 3.33. The largest absolute Gasteiger partial charge is 0.311 e. The molecule has 1 fully saturated rings. The molecule has 1 aliphatic rings. The van der Waals surface area contributed by atoms with E-state index in [0.29, 0.717) is 5.54 Å². The van der Waals surface area contributed by atoms with Crippen LogP contribution in [0.4, 0.5) is 0 Å². The Kier molecular flexibility index (Phi) is 3.57. The predicted molar refractivity (Wildman–Crippen MR) is 54.3 cm³/mol. The van der Waals surface area contributed by atoms with E-state index in [4.69, 9.17) is 0 Å². The Hall–Kier alpha value is -0.0400. The average Bonchev–Trinajstić information content (AvgIpc) is 2.06. The van der Waals surface area contributed by atoms with Crippen molar-refractivity contribution < 1.29 is 0 Å². The van der Waals surface area contributed by atoms with E-state index in [9.17, 15) is 0 Å². The summed E-state index contributed by atoms with van der Waals surface area (Å²) < 4.78 is 0. The number of nitrogens with one attached hydrogen (secondary N) is 1. The molecule has 1 rings (SSSR count). The van der Waals surface area contributed by atoms with Gasteiger partial charge in [0.1, 0.15) is 0 Å². The molecule has 1 nitrogen and oxygen atoms in total. The molecule has 1 unspecified atom stereocenters. The van der Waals surface area contributed by atoms with Gasteiger partial charge in [0.05, 0.1) is 0 Å². The molecule has 0 bridgehead atoms. The second kappa shape index (κ2) is 4.27. The first-order valence-corrected chi connectivity index (χ1v) is 5.46. The number of hydrogen-bond donors (Lipinski definition) is 1. The first kappa shape index (κ1) is 10.0. The predicted octanol–water partition coefficient (Wildman–Crippen LogP) is 2.95. The molecule has 0 aliphatic carbocycles. The summed E-state index contributed by atoms with van der Waals surface area (Å²) in [7, 11) is 0. The van der Waals surface area contributed by atoms with E-state index >= 15 is 0 Å². The van der Waals surface area contributed by atoms with E-state index in [1.54, 1.807) is 0 Å². The van der Waals surface area contributed by atoms with Crippen molar-refractivity contribution in [1.82, 2.24) is 5.32 Å². The van der Waals surface area contributed by atoms with E-state index in [0.717, 1.165) is 5.92 Å². The molecule has 72 valence electrons. The van der Waals surface area contributed by atoms with Gasteiger partial charge in [0, 0.05) is 5.54 Å². The molecule has 0 spiro atoms. The molecular formula is C11H23N. The van der Waals surface area contributed by atoms with Gasteiger partial charge in [-0.3, -0.25) is 0 Å². The fourth-order valence-electron chi connectivity index (χ4n) is 2.43. The molecule has 1 N–H and O–H groups in total. The van der Waals surface area contributed by atoms with E-state index < -0.39 is 0 Å². The zero-order valence-corrected chi connectivity index (χ0v) is 8.82. The molecule has 12 heavy (non-hydrogen) atoms. The van der Waals surface area contributed by atoms with Crippen molar-refractivity contribution in [2.75, 3.05) is 6.54 Å². The van der Waals surface area contributed by atoms with Gasteiger partial charge in [-0.1, -0.05) is 33.6 Å². The van der Waals surface area contributed by atoms with Gasteiger partial charge >= 0.3 is 0 Å². The van der Waals surface area contributed by atoms with Gasteiger partial charge in [0.15, 0.2) is 0 Å². The molecule has 1 aliphatic heterocycles.